The van der Waals surface area contributed by atoms with Crippen LogP contribution in [0.4, 0.5) is 5.82 Å². The third-order valence-electron chi connectivity index (χ3n) is 4.30. The number of ether oxygens (including phenoxy) is 1. The molecule has 1 aliphatic rings. The number of benzene rings is 1. The van der Waals surface area contributed by atoms with Crippen LogP contribution in [-0.2, 0) is 4.74 Å². The maximum atomic E-state index is 12.6. The lowest BCUT2D eigenvalue weighted by molar-refractivity contribution is 0.122. The van der Waals surface area contributed by atoms with Gasteiger partial charge in [-0.3, -0.25) is 9.20 Å². The molecule has 24 heavy (non-hydrogen) atoms. The van der Waals surface area contributed by atoms with Gasteiger partial charge in [0.15, 0.2) is 0 Å². The molecule has 3 heterocycles. The van der Waals surface area contributed by atoms with E-state index in [2.05, 4.69) is 11.0 Å². The van der Waals surface area contributed by atoms with Crippen LogP contribution >= 0.6 is 0 Å². The predicted molar refractivity (Wildman–Crippen MR) is 94.7 cm³/mol. The molecule has 0 amide bonds. The Hall–Kier alpha value is -2.66. The lowest BCUT2D eigenvalue weighted by Crippen LogP contribution is -2.37. The fraction of sp³-hybridized carbons (Fsp3) is 0.263. The van der Waals surface area contributed by atoms with E-state index in [1.54, 1.807) is 10.5 Å². The lowest BCUT2D eigenvalue weighted by atomic mass is 10.1. The van der Waals surface area contributed by atoms with Gasteiger partial charge in [-0.25, -0.2) is 4.98 Å². The zero-order valence-corrected chi connectivity index (χ0v) is 13.6. The molecule has 5 nitrogen and oxygen atoms in total. The Bertz CT molecular complexity index is 928. The monoisotopic (exact) mass is 321 g/mol. The van der Waals surface area contributed by atoms with Crippen LogP contribution < -0.4 is 10.5 Å². The number of aromatic nitrogens is 2. The summed E-state index contributed by atoms with van der Waals surface area (Å²) in [5, 5.41) is 0. The molecule has 0 unspecified atom stereocenters. The summed E-state index contributed by atoms with van der Waals surface area (Å²) in [4.78, 5) is 19.6. The molecule has 0 bridgehead atoms. The summed E-state index contributed by atoms with van der Waals surface area (Å²) in [5.74, 6) is 0.726. The fourth-order valence-electron chi connectivity index (χ4n) is 3.11. The first-order chi connectivity index (χ1) is 11.7. The molecule has 0 radical (unpaired) electrons. The highest BCUT2D eigenvalue weighted by molar-refractivity contribution is 5.78. The molecule has 1 fully saturated rings. The minimum Gasteiger partial charge on any atom is -0.378 e. The zero-order valence-electron chi connectivity index (χ0n) is 13.6. The zero-order chi connectivity index (χ0) is 16.5. The van der Waals surface area contributed by atoms with Gasteiger partial charge in [-0.05, 0) is 24.1 Å². The van der Waals surface area contributed by atoms with Crippen LogP contribution in [0, 0.1) is 6.92 Å². The van der Waals surface area contributed by atoms with E-state index in [1.165, 1.54) is 0 Å². The van der Waals surface area contributed by atoms with Crippen LogP contribution in [0.5, 0.6) is 0 Å². The molecular weight excluding hydrogens is 302 g/mol. The van der Waals surface area contributed by atoms with Crippen LogP contribution in [0.25, 0.3) is 16.8 Å². The fourth-order valence-corrected chi connectivity index (χ4v) is 3.11. The van der Waals surface area contributed by atoms with Crippen LogP contribution in [0.1, 0.15) is 5.56 Å². The highest BCUT2D eigenvalue weighted by Crippen LogP contribution is 2.25. The average Bonchev–Trinajstić information content (AvgIpc) is 2.63. The molecule has 122 valence electrons. The van der Waals surface area contributed by atoms with Crippen molar-refractivity contribution in [1.82, 2.24) is 9.38 Å². The third kappa shape index (κ3) is 2.67. The molecule has 0 N–H and O–H groups in total. The first kappa shape index (κ1) is 14.9. The second-order valence-corrected chi connectivity index (χ2v) is 6.04. The predicted octanol–water partition coefficient (Wildman–Crippen LogP) is 2.51. The Kier molecular flexibility index (Phi) is 3.78. The largest absolute Gasteiger partial charge is 0.378 e. The second kappa shape index (κ2) is 6.09. The lowest BCUT2D eigenvalue weighted by Gasteiger charge is -2.28. The van der Waals surface area contributed by atoms with Gasteiger partial charge >= 0.3 is 0 Å². The average molecular weight is 321 g/mol. The van der Waals surface area contributed by atoms with E-state index in [-0.39, 0.29) is 5.56 Å². The second-order valence-electron chi connectivity index (χ2n) is 6.04. The van der Waals surface area contributed by atoms with E-state index in [4.69, 9.17) is 9.72 Å². The van der Waals surface area contributed by atoms with Gasteiger partial charge in [0.05, 0.1) is 13.2 Å². The Morgan fingerprint density at radius 3 is 2.58 bits per heavy atom. The van der Waals surface area contributed by atoms with Crippen molar-refractivity contribution in [3.05, 3.63) is 64.6 Å². The summed E-state index contributed by atoms with van der Waals surface area (Å²) in [5.41, 5.74) is 3.71. The molecule has 1 saturated heterocycles. The molecule has 0 aliphatic carbocycles. The molecule has 0 saturated carbocycles. The number of nitrogens with zero attached hydrogens (tertiary/aromatic N) is 3. The minimum absolute atomic E-state index is 0.0534. The van der Waals surface area contributed by atoms with E-state index in [0.717, 1.165) is 35.6 Å². The Balaban J connectivity index is 1.95. The topological polar surface area (TPSA) is 46.8 Å². The SMILES string of the molecule is Cc1cc(-c2ccccc2)c2nc(N3CCOCC3)cc(=O)n2c1. The van der Waals surface area contributed by atoms with Gasteiger partial charge < -0.3 is 9.64 Å². The summed E-state index contributed by atoms with van der Waals surface area (Å²) in [6, 6.07) is 13.8. The first-order valence-corrected chi connectivity index (χ1v) is 8.14. The van der Waals surface area contributed by atoms with Crippen molar-refractivity contribution in [2.24, 2.45) is 0 Å². The quantitative estimate of drug-likeness (QED) is 0.727. The Morgan fingerprint density at radius 2 is 1.83 bits per heavy atom. The highest BCUT2D eigenvalue weighted by atomic mass is 16.5. The molecule has 0 spiro atoms. The number of rotatable bonds is 2. The summed E-state index contributed by atoms with van der Waals surface area (Å²) in [6.07, 6.45) is 1.85. The molecule has 3 aromatic rings. The third-order valence-corrected chi connectivity index (χ3v) is 4.30. The van der Waals surface area contributed by atoms with E-state index in [1.807, 2.05) is 43.5 Å². The molecule has 5 heteroatoms. The van der Waals surface area contributed by atoms with Crippen molar-refractivity contribution < 1.29 is 4.74 Å². The van der Waals surface area contributed by atoms with Crippen LogP contribution in [0.15, 0.2) is 53.5 Å². The van der Waals surface area contributed by atoms with Gasteiger partial charge in [-0.2, -0.15) is 0 Å². The van der Waals surface area contributed by atoms with Crippen molar-refractivity contribution in [3.8, 4) is 11.1 Å². The van der Waals surface area contributed by atoms with Crippen LogP contribution in [0.3, 0.4) is 0 Å². The van der Waals surface area contributed by atoms with E-state index >= 15 is 0 Å². The summed E-state index contributed by atoms with van der Waals surface area (Å²) in [6.45, 7) is 4.85. The van der Waals surface area contributed by atoms with Crippen LogP contribution in [-0.4, -0.2) is 35.7 Å². The molecule has 0 atom stereocenters. The summed E-state index contributed by atoms with van der Waals surface area (Å²) < 4.78 is 7.04. The van der Waals surface area contributed by atoms with Crippen molar-refractivity contribution in [3.63, 3.8) is 0 Å². The smallest absolute Gasteiger partial charge is 0.259 e. The Labute approximate surface area is 140 Å². The molecule has 2 aromatic heterocycles. The van der Waals surface area contributed by atoms with Gasteiger partial charge in [0.1, 0.15) is 11.5 Å². The standard InChI is InChI=1S/C19H19N3O2/c1-14-11-16(15-5-3-2-4-6-15)19-20-17(12-18(23)22(19)13-14)21-7-9-24-10-8-21/h2-6,11-13H,7-10H2,1H3. The van der Waals surface area contributed by atoms with E-state index in [9.17, 15) is 4.79 Å². The summed E-state index contributed by atoms with van der Waals surface area (Å²) in [7, 11) is 0. The van der Waals surface area contributed by atoms with Gasteiger partial charge in [0.25, 0.3) is 5.56 Å². The van der Waals surface area contributed by atoms with Gasteiger partial charge in [-0.1, -0.05) is 30.3 Å². The number of pyridine rings is 1. The molecule has 1 aliphatic heterocycles. The van der Waals surface area contributed by atoms with E-state index < -0.39 is 0 Å². The number of fused-ring (bicyclic) bond motifs is 1. The van der Waals surface area contributed by atoms with Gasteiger partial charge in [-0.15, -0.1) is 0 Å². The molecule has 1 aromatic carbocycles. The van der Waals surface area contributed by atoms with Crippen molar-refractivity contribution in [2.75, 3.05) is 31.2 Å². The number of hydrogen-bond acceptors (Lipinski definition) is 4. The molecule has 4 rings (SSSR count). The number of morpholine rings is 1. The first-order valence-electron chi connectivity index (χ1n) is 8.14. The van der Waals surface area contributed by atoms with Gasteiger partial charge in [0.2, 0.25) is 0 Å². The van der Waals surface area contributed by atoms with E-state index in [0.29, 0.717) is 18.9 Å². The van der Waals surface area contributed by atoms with Crippen molar-refractivity contribution in [1.29, 1.82) is 0 Å². The van der Waals surface area contributed by atoms with Gasteiger partial charge in [0, 0.05) is 30.9 Å². The maximum absolute atomic E-state index is 12.6. The Morgan fingerprint density at radius 1 is 1.08 bits per heavy atom. The summed E-state index contributed by atoms with van der Waals surface area (Å²) >= 11 is 0. The van der Waals surface area contributed by atoms with Crippen molar-refractivity contribution in [2.45, 2.75) is 6.92 Å². The maximum Gasteiger partial charge on any atom is 0.259 e. The molecular formula is C19H19N3O2. The van der Waals surface area contributed by atoms with Crippen LogP contribution in [0.2, 0.25) is 0 Å². The highest BCUT2D eigenvalue weighted by Gasteiger charge is 2.16. The van der Waals surface area contributed by atoms with Crippen molar-refractivity contribution >= 4 is 11.5 Å². The normalized spacial score (nSPS) is 15.0. The number of aryl methyl sites for hydroxylation is 1. The number of anilines is 1. The number of hydrogen-bond donors (Lipinski definition) is 0. The minimum atomic E-state index is -0.0534.